The largest absolute Gasteiger partial charge is 0.465 e. The van der Waals surface area contributed by atoms with Gasteiger partial charge in [0.1, 0.15) is 0 Å². The van der Waals surface area contributed by atoms with Crippen LogP contribution in [-0.2, 0) is 9.53 Å². The lowest BCUT2D eigenvalue weighted by atomic mass is 9.98. The van der Waals surface area contributed by atoms with Gasteiger partial charge < -0.3 is 14.7 Å². The molecule has 0 spiro atoms. The second-order valence-electron chi connectivity index (χ2n) is 3.83. The molecule has 0 aromatic carbocycles. The molecule has 1 heterocycles. The van der Waals surface area contributed by atoms with Crippen LogP contribution in [0.4, 0.5) is 4.79 Å². The lowest BCUT2D eigenvalue weighted by Crippen LogP contribution is -2.41. The standard InChI is InChI=1S/C11H17NO4/c1-3-16-10(13)7-9-4-5-12(11(14)15)8(2)6-9/h7-8H,3-6H2,1-2H3,(H,14,15)/b9-7-. The van der Waals surface area contributed by atoms with Gasteiger partial charge in [-0.2, -0.15) is 0 Å². The quantitative estimate of drug-likeness (QED) is 0.575. The Morgan fingerprint density at radius 1 is 1.62 bits per heavy atom. The molecular weight excluding hydrogens is 210 g/mol. The van der Waals surface area contributed by atoms with Crippen molar-refractivity contribution >= 4 is 12.1 Å². The number of rotatable bonds is 2. The summed E-state index contributed by atoms with van der Waals surface area (Å²) < 4.78 is 4.81. The molecule has 5 nitrogen and oxygen atoms in total. The second kappa shape index (κ2) is 5.53. The minimum Gasteiger partial charge on any atom is -0.465 e. The van der Waals surface area contributed by atoms with Crippen molar-refractivity contribution in [2.75, 3.05) is 13.2 Å². The number of amides is 1. The van der Waals surface area contributed by atoms with E-state index in [9.17, 15) is 9.59 Å². The van der Waals surface area contributed by atoms with E-state index >= 15 is 0 Å². The van der Waals surface area contributed by atoms with E-state index in [4.69, 9.17) is 9.84 Å². The van der Waals surface area contributed by atoms with Crippen LogP contribution in [0.3, 0.4) is 0 Å². The lowest BCUT2D eigenvalue weighted by molar-refractivity contribution is -0.137. The van der Waals surface area contributed by atoms with Crippen LogP contribution in [0, 0.1) is 0 Å². The van der Waals surface area contributed by atoms with Crippen molar-refractivity contribution in [2.45, 2.75) is 32.7 Å². The van der Waals surface area contributed by atoms with Crippen molar-refractivity contribution in [2.24, 2.45) is 0 Å². The second-order valence-corrected chi connectivity index (χ2v) is 3.83. The Balaban J connectivity index is 2.57. The SMILES string of the molecule is CCOC(=O)/C=C1/CCN(C(=O)O)C(C)C1. The van der Waals surface area contributed by atoms with E-state index < -0.39 is 6.09 Å². The van der Waals surface area contributed by atoms with Crippen molar-refractivity contribution < 1.29 is 19.4 Å². The van der Waals surface area contributed by atoms with Gasteiger partial charge in [-0.1, -0.05) is 5.57 Å². The van der Waals surface area contributed by atoms with E-state index in [1.54, 1.807) is 6.92 Å². The van der Waals surface area contributed by atoms with E-state index in [-0.39, 0.29) is 12.0 Å². The van der Waals surface area contributed by atoms with Crippen molar-refractivity contribution in [3.8, 4) is 0 Å². The summed E-state index contributed by atoms with van der Waals surface area (Å²) in [5, 5.41) is 8.88. The Bertz CT molecular complexity index is 311. The molecule has 1 saturated heterocycles. The van der Waals surface area contributed by atoms with Crippen molar-refractivity contribution in [1.29, 1.82) is 0 Å². The number of nitrogens with zero attached hydrogens (tertiary/aromatic N) is 1. The van der Waals surface area contributed by atoms with Gasteiger partial charge in [-0.15, -0.1) is 0 Å². The van der Waals surface area contributed by atoms with Crippen LogP contribution in [0.25, 0.3) is 0 Å². The summed E-state index contributed by atoms with van der Waals surface area (Å²) in [4.78, 5) is 23.4. The predicted octanol–water partition coefficient (Wildman–Crippen LogP) is 1.64. The molecule has 1 aliphatic rings. The molecule has 0 radical (unpaired) electrons. The molecule has 1 amide bonds. The number of hydrogen-bond donors (Lipinski definition) is 1. The molecule has 1 N–H and O–H groups in total. The van der Waals surface area contributed by atoms with Gasteiger partial charge in [0.25, 0.3) is 0 Å². The minimum absolute atomic E-state index is 0.0769. The first kappa shape index (κ1) is 12.5. The number of piperidine rings is 1. The Hall–Kier alpha value is -1.52. The summed E-state index contributed by atoms with van der Waals surface area (Å²) in [5.74, 6) is -0.339. The molecule has 0 aromatic rings. The van der Waals surface area contributed by atoms with Crippen LogP contribution in [0.2, 0.25) is 0 Å². The summed E-state index contributed by atoms with van der Waals surface area (Å²) in [6.07, 6.45) is 1.79. The maximum absolute atomic E-state index is 11.2. The van der Waals surface area contributed by atoms with Crippen LogP contribution in [0.1, 0.15) is 26.7 Å². The summed E-state index contributed by atoms with van der Waals surface area (Å²) in [7, 11) is 0. The maximum Gasteiger partial charge on any atom is 0.407 e. The Morgan fingerprint density at radius 3 is 2.81 bits per heavy atom. The number of ether oxygens (including phenoxy) is 1. The molecule has 1 fully saturated rings. The summed E-state index contributed by atoms with van der Waals surface area (Å²) >= 11 is 0. The monoisotopic (exact) mass is 227 g/mol. The molecule has 1 unspecified atom stereocenters. The van der Waals surface area contributed by atoms with Crippen molar-refractivity contribution in [3.63, 3.8) is 0 Å². The van der Waals surface area contributed by atoms with Crippen LogP contribution in [-0.4, -0.2) is 41.3 Å². The summed E-state index contributed by atoms with van der Waals surface area (Å²) in [5.41, 5.74) is 0.962. The number of carboxylic acid groups (broad SMARTS) is 1. The molecule has 16 heavy (non-hydrogen) atoms. The van der Waals surface area contributed by atoms with Gasteiger partial charge in [0.05, 0.1) is 6.61 Å². The first-order chi connectivity index (χ1) is 7.54. The zero-order valence-electron chi connectivity index (χ0n) is 9.60. The van der Waals surface area contributed by atoms with E-state index in [2.05, 4.69) is 0 Å². The van der Waals surface area contributed by atoms with E-state index in [0.717, 1.165) is 5.57 Å². The van der Waals surface area contributed by atoms with Gasteiger partial charge in [0.2, 0.25) is 0 Å². The number of esters is 1. The predicted molar refractivity (Wildman–Crippen MR) is 58.1 cm³/mol. The Morgan fingerprint density at radius 2 is 2.31 bits per heavy atom. The number of carbonyl (C=O) groups excluding carboxylic acids is 1. The fourth-order valence-corrected chi connectivity index (χ4v) is 1.84. The van der Waals surface area contributed by atoms with Crippen LogP contribution in [0.5, 0.6) is 0 Å². The minimum atomic E-state index is -0.900. The zero-order valence-corrected chi connectivity index (χ0v) is 9.60. The summed E-state index contributed by atoms with van der Waals surface area (Å²) in [6, 6.07) is -0.0769. The number of hydrogen-bond acceptors (Lipinski definition) is 3. The third-order valence-electron chi connectivity index (χ3n) is 2.62. The van der Waals surface area contributed by atoms with E-state index in [1.165, 1.54) is 11.0 Å². The average molecular weight is 227 g/mol. The van der Waals surface area contributed by atoms with Gasteiger partial charge in [0, 0.05) is 18.7 Å². The highest BCUT2D eigenvalue weighted by atomic mass is 16.5. The molecule has 5 heteroatoms. The maximum atomic E-state index is 11.2. The first-order valence-electron chi connectivity index (χ1n) is 5.40. The summed E-state index contributed by atoms with van der Waals surface area (Å²) in [6.45, 7) is 4.40. The Kier molecular flexibility index (Phi) is 4.34. The average Bonchev–Trinajstić information content (AvgIpc) is 2.17. The molecule has 90 valence electrons. The van der Waals surface area contributed by atoms with Crippen molar-refractivity contribution in [3.05, 3.63) is 11.6 Å². The topological polar surface area (TPSA) is 66.8 Å². The molecule has 0 aromatic heterocycles. The molecule has 0 saturated carbocycles. The number of carbonyl (C=O) groups is 2. The fourth-order valence-electron chi connectivity index (χ4n) is 1.84. The number of likely N-dealkylation sites (tertiary alicyclic amines) is 1. The molecular formula is C11H17NO4. The molecule has 0 bridgehead atoms. The van der Waals surface area contributed by atoms with Gasteiger partial charge >= 0.3 is 12.1 Å². The highest BCUT2D eigenvalue weighted by Crippen LogP contribution is 2.21. The third-order valence-corrected chi connectivity index (χ3v) is 2.62. The van der Waals surface area contributed by atoms with Crippen LogP contribution < -0.4 is 0 Å². The van der Waals surface area contributed by atoms with Crippen LogP contribution in [0.15, 0.2) is 11.6 Å². The van der Waals surface area contributed by atoms with E-state index in [0.29, 0.717) is 26.0 Å². The van der Waals surface area contributed by atoms with Gasteiger partial charge in [-0.05, 0) is 26.7 Å². The fraction of sp³-hybridized carbons (Fsp3) is 0.636. The zero-order chi connectivity index (χ0) is 12.1. The van der Waals surface area contributed by atoms with Crippen molar-refractivity contribution in [1.82, 2.24) is 4.90 Å². The van der Waals surface area contributed by atoms with Crippen LogP contribution >= 0.6 is 0 Å². The van der Waals surface area contributed by atoms with Gasteiger partial charge in [0.15, 0.2) is 0 Å². The highest BCUT2D eigenvalue weighted by molar-refractivity contribution is 5.82. The molecule has 1 rings (SSSR count). The normalized spacial score (nSPS) is 23.2. The van der Waals surface area contributed by atoms with Gasteiger partial charge in [-0.3, -0.25) is 0 Å². The third kappa shape index (κ3) is 3.25. The Labute approximate surface area is 94.7 Å². The van der Waals surface area contributed by atoms with Gasteiger partial charge in [-0.25, -0.2) is 9.59 Å². The van der Waals surface area contributed by atoms with E-state index in [1.807, 2.05) is 6.92 Å². The molecule has 1 atom stereocenters. The highest BCUT2D eigenvalue weighted by Gasteiger charge is 2.25. The molecule has 0 aliphatic carbocycles. The smallest absolute Gasteiger partial charge is 0.407 e. The molecule has 1 aliphatic heterocycles. The first-order valence-corrected chi connectivity index (χ1v) is 5.40. The lowest BCUT2D eigenvalue weighted by Gasteiger charge is -2.32.